The molecule has 0 fully saturated rings. The molecular formula is C15H19ClN5S2+. The van der Waals surface area contributed by atoms with Gasteiger partial charge < -0.3 is 5.73 Å². The van der Waals surface area contributed by atoms with Gasteiger partial charge in [-0.05, 0) is 37.0 Å². The van der Waals surface area contributed by atoms with Crippen molar-refractivity contribution in [3.8, 4) is 0 Å². The first-order valence-corrected chi connectivity index (χ1v) is 9.82. The second-order valence-electron chi connectivity index (χ2n) is 5.26. The van der Waals surface area contributed by atoms with Gasteiger partial charge in [0.2, 0.25) is 4.96 Å². The molecule has 3 aromatic rings. The summed E-state index contributed by atoms with van der Waals surface area (Å²) in [6, 6.07) is 7.92. The van der Waals surface area contributed by atoms with E-state index in [0.717, 1.165) is 45.3 Å². The Balaban J connectivity index is 1.61. The maximum Gasteiger partial charge on any atom is 0.235 e. The Morgan fingerprint density at radius 1 is 1.13 bits per heavy atom. The molecule has 3 N–H and O–H groups in total. The zero-order chi connectivity index (χ0) is 16.1. The van der Waals surface area contributed by atoms with Crippen LogP contribution in [0.4, 0.5) is 0 Å². The maximum atomic E-state index is 5.91. The number of aromatic nitrogens is 4. The summed E-state index contributed by atoms with van der Waals surface area (Å²) in [7, 11) is 0. The Bertz CT molecular complexity index is 753. The highest BCUT2D eigenvalue weighted by atomic mass is 35.5. The van der Waals surface area contributed by atoms with Crippen molar-refractivity contribution in [1.29, 1.82) is 0 Å². The molecule has 2 aromatic heterocycles. The first-order valence-electron chi connectivity index (χ1n) is 7.64. The first kappa shape index (κ1) is 16.7. The normalized spacial score (nSPS) is 11.4. The minimum absolute atomic E-state index is 0.765. The summed E-state index contributed by atoms with van der Waals surface area (Å²) in [5.74, 6) is 1.83. The number of fused-ring (bicyclic) bond motifs is 1. The van der Waals surface area contributed by atoms with Crippen molar-refractivity contribution in [2.75, 3.05) is 6.54 Å². The molecule has 8 heteroatoms. The van der Waals surface area contributed by atoms with E-state index in [0.29, 0.717) is 0 Å². The third kappa shape index (κ3) is 4.44. The van der Waals surface area contributed by atoms with Crippen LogP contribution in [0.1, 0.15) is 30.7 Å². The Morgan fingerprint density at radius 2 is 1.96 bits per heavy atom. The molecule has 0 spiro atoms. The maximum absolute atomic E-state index is 5.91. The third-order valence-electron chi connectivity index (χ3n) is 3.46. The second-order valence-corrected chi connectivity index (χ2v) is 7.87. The summed E-state index contributed by atoms with van der Waals surface area (Å²) < 4.78 is 2.91. The molecule has 0 bridgehead atoms. The molecule has 23 heavy (non-hydrogen) atoms. The van der Waals surface area contributed by atoms with Crippen LogP contribution in [0.3, 0.4) is 0 Å². The van der Waals surface area contributed by atoms with E-state index in [4.69, 9.17) is 11.6 Å². The lowest BCUT2D eigenvalue weighted by Gasteiger charge is -1.99. The summed E-state index contributed by atoms with van der Waals surface area (Å²) in [5.41, 5.74) is 5.10. The Labute approximate surface area is 148 Å². The second kappa shape index (κ2) is 8.10. The number of benzene rings is 1. The van der Waals surface area contributed by atoms with Crippen LogP contribution in [0.25, 0.3) is 4.96 Å². The van der Waals surface area contributed by atoms with E-state index in [-0.39, 0.29) is 0 Å². The number of rotatable bonds is 8. The fourth-order valence-corrected chi connectivity index (χ4v) is 4.19. The van der Waals surface area contributed by atoms with Gasteiger partial charge in [-0.25, -0.2) is 0 Å². The number of quaternary nitrogens is 1. The first-order chi connectivity index (χ1) is 11.3. The molecule has 0 radical (unpaired) electrons. The summed E-state index contributed by atoms with van der Waals surface area (Å²) in [5, 5.41) is 13.9. The van der Waals surface area contributed by atoms with Crippen LogP contribution < -0.4 is 5.73 Å². The van der Waals surface area contributed by atoms with Gasteiger partial charge in [0.1, 0.15) is 0 Å². The predicted molar refractivity (Wildman–Crippen MR) is 95.0 cm³/mol. The van der Waals surface area contributed by atoms with Crippen molar-refractivity contribution in [1.82, 2.24) is 19.8 Å². The molecule has 5 nitrogen and oxygen atoms in total. The van der Waals surface area contributed by atoms with Crippen molar-refractivity contribution >= 4 is 39.7 Å². The van der Waals surface area contributed by atoms with Gasteiger partial charge in [-0.2, -0.15) is 4.52 Å². The number of hydrogen-bond acceptors (Lipinski definition) is 5. The third-order valence-corrected chi connectivity index (χ3v) is 5.82. The molecule has 0 aliphatic carbocycles. The molecule has 0 atom stereocenters. The number of hydrogen-bond donors (Lipinski definition) is 1. The lowest BCUT2D eigenvalue weighted by molar-refractivity contribution is -0.368. The molecule has 0 saturated carbocycles. The largest absolute Gasteiger partial charge is 0.358 e. The monoisotopic (exact) mass is 368 g/mol. The van der Waals surface area contributed by atoms with Gasteiger partial charge >= 0.3 is 0 Å². The summed E-state index contributed by atoms with van der Waals surface area (Å²) >= 11 is 9.21. The van der Waals surface area contributed by atoms with E-state index in [2.05, 4.69) is 21.0 Å². The average molecular weight is 369 g/mol. The molecule has 0 unspecified atom stereocenters. The number of nitrogens with zero attached hydrogens (tertiary/aromatic N) is 4. The van der Waals surface area contributed by atoms with Crippen LogP contribution in [0.15, 0.2) is 28.6 Å². The molecule has 122 valence electrons. The van der Waals surface area contributed by atoms with E-state index in [9.17, 15) is 0 Å². The van der Waals surface area contributed by atoms with Gasteiger partial charge in [0.05, 0.1) is 6.54 Å². The molecule has 0 aliphatic heterocycles. The molecular weight excluding hydrogens is 350 g/mol. The number of thioether (sulfide) groups is 1. The molecule has 1 aromatic carbocycles. The fourth-order valence-electron chi connectivity index (χ4n) is 2.22. The molecule has 3 rings (SSSR count). The van der Waals surface area contributed by atoms with Gasteiger partial charge in [0.15, 0.2) is 10.2 Å². The van der Waals surface area contributed by atoms with Gasteiger partial charge in [0, 0.05) is 17.2 Å². The van der Waals surface area contributed by atoms with Crippen molar-refractivity contribution < 1.29 is 5.73 Å². The fraction of sp³-hybridized carbons (Fsp3) is 0.400. The van der Waals surface area contributed by atoms with Crippen LogP contribution in [0.2, 0.25) is 5.02 Å². The zero-order valence-corrected chi connectivity index (χ0v) is 15.1. The van der Waals surface area contributed by atoms with Gasteiger partial charge in [-0.15, -0.1) is 15.3 Å². The van der Waals surface area contributed by atoms with E-state index in [1.165, 1.54) is 18.4 Å². The quantitative estimate of drug-likeness (QED) is 0.490. The van der Waals surface area contributed by atoms with Crippen LogP contribution in [-0.2, 0) is 12.2 Å². The number of aryl methyl sites for hydroxylation is 1. The molecule has 0 aliphatic rings. The van der Waals surface area contributed by atoms with Crippen molar-refractivity contribution in [3.63, 3.8) is 0 Å². The standard InChI is InChI=1S/C15H18ClN5S2/c16-12-7-5-11(6-8-12)10-22-15-20-21-13(4-2-1-3-9-17)18-19-14(21)23-15/h5-8H,1-4,9-10,17H2/p+1. The Kier molecular flexibility index (Phi) is 5.88. The van der Waals surface area contributed by atoms with Crippen LogP contribution in [-0.4, -0.2) is 26.4 Å². The predicted octanol–water partition coefficient (Wildman–Crippen LogP) is 3.09. The SMILES string of the molecule is [NH3+]CCCCCc1nnc2sc(SCc3ccc(Cl)cc3)nn12. The lowest BCUT2D eigenvalue weighted by atomic mass is 10.2. The van der Waals surface area contributed by atoms with Crippen LogP contribution >= 0.6 is 34.7 Å². The molecule has 0 amide bonds. The summed E-state index contributed by atoms with van der Waals surface area (Å²) in [6.07, 6.45) is 4.38. The Morgan fingerprint density at radius 3 is 2.74 bits per heavy atom. The minimum atomic E-state index is 0.765. The van der Waals surface area contributed by atoms with E-state index >= 15 is 0 Å². The van der Waals surface area contributed by atoms with E-state index < -0.39 is 0 Å². The highest BCUT2D eigenvalue weighted by molar-refractivity contribution is 8.00. The Hall–Kier alpha value is -1.15. The van der Waals surface area contributed by atoms with Crippen molar-refractivity contribution in [3.05, 3.63) is 40.7 Å². The summed E-state index contributed by atoms with van der Waals surface area (Å²) in [4.78, 5) is 0.871. The minimum Gasteiger partial charge on any atom is -0.358 e. The number of unbranched alkanes of at least 4 members (excludes halogenated alkanes) is 2. The summed E-state index contributed by atoms with van der Waals surface area (Å²) in [6.45, 7) is 0.997. The lowest BCUT2D eigenvalue weighted by Crippen LogP contribution is -2.50. The van der Waals surface area contributed by atoms with Gasteiger partial charge in [-0.1, -0.05) is 46.8 Å². The smallest absolute Gasteiger partial charge is 0.235 e. The number of halogens is 1. The molecule has 0 saturated heterocycles. The van der Waals surface area contributed by atoms with Crippen molar-refractivity contribution in [2.45, 2.75) is 35.8 Å². The molecule has 2 heterocycles. The van der Waals surface area contributed by atoms with Crippen LogP contribution in [0, 0.1) is 0 Å². The average Bonchev–Trinajstić information content (AvgIpc) is 3.12. The van der Waals surface area contributed by atoms with E-state index in [1.54, 1.807) is 23.1 Å². The van der Waals surface area contributed by atoms with Crippen molar-refractivity contribution in [2.24, 2.45) is 0 Å². The zero-order valence-electron chi connectivity index (χ0n) is 12.7. The van der Waals surface area contributed by atoms with Gasteiger partial charge in [0.25, 0.3) is 0 Å². The van der Waals surface area contributed by atoms with Gasteiger partial charge in [-0.3, -0.25) is 0 Å². The van der Waals surface area contributed by atoms with E-state index in [1.807, 2.05) is 28.8 Å². The topological polar surface area (TPSA) is 70.7 Å². The van der Waals surface area contributed by atoms with Crippen LogP contribution in [0.5, 0.6) is 0 Å². The highest BCUT2D eigenvalue weighted by Gasteiger charge is 2.12. The highest BCUT2D eigenvalue weighted by Crippen LogP contribution is 2.28.